The first-order chi connectivity index (χ1) is 14.8. The van der Waals surface area contributed by atoms with Crippen LogP contribution in [0.15, 0.2) is 121 Å². The van der Waals surface area contributed by atoms with E-state index in [4.69, 9.17) is 0 Å². The number of rotatable bonds is 2. The van der Waals surface area contributed by atoms with Crippen LogP contribution < -0.4 is 0 Å². The fourth-order valence-electron chi connectivity index (χ4n) is 4.45. The third kappa shape index (κ3) is 2.86. The molecule has 140 valence electrons. The van der Waals surface area contributed by atoms with Crippen LogP contribution in [0.3, 0.4) is 0 Å². The molecule has 0 atom stereocenters. The highest BCUT2D eigenvalue weighted by Gasteiger charge is 2.09. The lowest BCUT2D eigenvalue weighted by Crippen LogP contribution is -1.86. The molecule has 0 spiro atoms. The summed E-state index contributed by atoms with van der Waals surface area (Å²) in [6.07, 6.45) is 0. The van der Waals surface area contributed by atoms with Crippen molar-refractivity contribution < 1.29 is 0 Å². The maximum Gasteiger partial charge on any atom is -0.0105 e. The average Bonchev–Trinajstić information content (AvgIpc) is 2.82. The molecule has 0 nitrogen and oxygen atoms in total. The molecule has 0 unspecified atom stereocenters. The van der Waals surface area contributed by atoms with Crippen LogP contribution in [0.4, 0.5) is 0 Å². The SMILES string of the molecule is c1ccc(-c2ccc3cc4ccccc4cc3c2)c(-c2ccc3ccccc3c2)c1. The number of benzene rings is 6. The van der Waals surface area contributed by atoms with Gasteiger partial charge in [-0.05, 0) is 78.8 Å². The highest BCUT2D eigenvalue weighted by molar-refractivity contribution is 6.00. The van der Waals surface area contributed by atoms with Crippen molar-refractivity contribution in [2.24, 2.45) is 0 Å². The Morgan fingerprint density at radius 1 is 0.267 bits per heavy atom. The van der Waals surface area contributed by atoms with Gasteiger partial charge >= 0.3 is 0 Å². The van der Waals surface area contributed by atoms with E-state index in [0.29, 0.717) is 0 Å². The molecule has 0 fully saturated rings. The second-order valence-corrected chi connectivity index (χ2v) is 7.87. The minimum absolute atomic E-state index is 1.25. The molecule has 0 heterocycles. The van der Waals surface area contributed by atoms with Crippen molar-refractivity contribution in [3.63, 3.8) is 0 Å². The monoisotopic (exact) mass is 380 g/mol. The first-order valence-electron chi connectivity index (χ1n) is 10.4. The number of hydrogen-bond donors (Lipinski definition) is 0. The fraction of sp³-hybridized carbons (Fsp3) is 0. The largest absolute Gasteiger partial charge is 0.0616 e. The van der Waals surface area contributed by atoms with Crippen molar-refractivity contribution in [2.75, 3.05) is 0 Å². The lowest BCUT2D eigenvalue weighted by atomic mass is 9.92. The van der Waals surface area contributed by atoms with Crippen molar-refractivity contribution in [3.05, 3.63) is 121 Å². The fourth-order valence-corrected chi connectivity index (χ4v) is 4.45. The van der Waals surface area contributed by atoms with Crippen LogP contribution in [0.2, 0.25) is 0 Å². The summed E-state index contributed by atoms with van der Waals surface area (Å²) >= 11 is 0. The summed E-state index contributed by atoms with van der Waals surface area (Å²) < 4.78 is 0. The van der Waals surface area contributed by atoms with Gasteiger partial charge in [0.25, 0.3) is 0 Å². The molecule has 0 saturated carbocycles. The van der Waals surface area contributed by atoms with E-state index in [9.17, 15) is 0 Å². The predicted octanol–water partition coefficient (Wildman–Crippen LogP) is 8.48. The molecule has 6 aromatic rings. The number of fused-ring (bicyclic) bond motifs is 3. The Bertz CT molecular complexity index is 1540. The lowest BCUT2D eigenvalue weighted by Gasteiger charge is -2.12. The second-order valence-electron chi connectivity index (χ2n) is 7.87. The molecule has 0 aliphatic rings. The van der Waals surface area contributed by atoms with Crippen LogP contribution >= 0.6 is 0 Å². The molecule has 0 N–H and O–H groups in total. The summed E-state index contributed by atoms with van der Waals surface area (Å²) in [6.45, 7) is 0. The topological polar surface area (TPSA) is 0 Å². The molecule has 0 heteroatoms. The highest BCUT2D eigenvalue weighted by atomic mass is 14.1. The van der Waals surface area contributed by atoms with Gasteiger partial charge < -0.3 is 0 Å². The lowest BCUT2D eigenvalue weighted by molar-refractivity contribution is 1.61. The summed E-state index contributed by atoms with van der Waals surface area (Å²) in [6, 6.07) is 44.0. The van der Waals surface area contributed by atoms with Crippen LogP contribution in [0.5, 0.6) is 0 Å². The van der Waals surface area contributed by atoms with Crippen LogP contribution in [-0.2, 0) is 0 Å². The first kappa shape index (κ1) is 17.0. The molecular formula is C30H20. The van der Waals surface area contributed by atoms with Crippen molar-refractivity contribution in [3.8, 4) is 22.3 Å². The van der Waals surface area contributed by atoms with Gasteiger partial charge in [0.05, 0.1) is 0 Å². The van der Waals surface area contributed by atoms with Gasteiger partial charge in [-0.25, -0.2) is 0 Å². The molecule has 30 heavy (non-hydrogen) atoms. The van der Waals surface area contributed by atoms with Gasteiger partial charge in [-0.15, -0.1) is 0 Å². The Kier molecular flexibility index (Phi) is 3.89. The first-order valence-corrected chi connectivity index (χ1v) is 10.4. The maximum atomic E-state index is 2.32. The Balaban J connectivity index is 1.53. The van der Waals surface area contributed by atoms with Gasteiger partial charge in [0.2, 0.25) is 0 Å². The van der Waals surface area contributed by atoms with Crippen molar-refractivity contribution in [1.82, 2.24) is 0 Å². The van der Waals surface area contributed by atoms with E-state index in [2.05, 4.69) is 121 Å². The van der Waals surface area contributed by atoms with Gasteiger partial charge in [0, 0.05) is 0 Å². The standard InChI is InChI=1S/C30H20/c1-2-8-22-18-26(15-13-21(22)7-1)29-11-5-6-12-30(29)27-16-14-25-17-23-9-3-4-10-24(23)19-28(25)20-27/h1-20H. The maximum absolute atomic E-state index is 2.32. The third-order valence-electron chi connectivity index (χ3n) is 6.00. The van der Waals surface area contributed by atoms with E-state index >= 15 is 0 Å². The van der Waals surface area contributed by atoms with E-state index in [0.717, 1.165) is 0 Å². The van der Waals surface area contributed by atoms with Crippen molar-refractivity contribution >= 4 is 32.3 Å². The minimum Gasteiger partial charge on any atom is -0.0616 e. The molecular weight excluding hydrogens is 360 g/mol. The molecule has 6 rings (SSSR count). The smallest absolute Gasteiger partial charge is 0.0105 e. The quantitative estimate of drug-likeness (QED) is 0.264. The second kappa shape index (κ2) is 6.86. The van der Waals surface area contributed by atoms with Gasteiger partial charge in [0.15, 0.2) is 0 Å². The van der Waals surface area contributed by atoms with Gasteiger partial charge in [-0.1, -0.05) is 97.1 Å². The van der Waals surface area contributed by atoms with Crippen molar-refractivity contribution in [2.45, 2.75) is 0 Å². The predicted molar refractivity (Wildman–Crippen MR) is 130 cm³/mol. The zero-order chi connectivity index (χ0) is 19.9. The molecule has 0 saturated heterocycles. The van der Waals surface area contributed by atoms with Crippen molar-refractivity contribution in [1.29, 1.82) is 0 Å². The molecule has 6 aromatic carbocycles. The summed E-state index contributed by atoms with van der Waals surface area (Å²) in [5, 5.41) is 7.67. The van der Waals surface area contributed by atoms with Gasteiger partial charge in [-0.3, -0.25) is 0 Å². The Morgan fingerprint density at radius 3 is 1.30 bits per heavy atom. The Morgan fingerprint density at radius 2 is 0.667 bits per heavy atom. The van der Waals surface area contributed by atoms with Crippen LogP contribution in [-0.4, -0.2) is 0 Å². The number of hydrogen-bond acceptors (Lipinski definition) is 0. The summed E-state index contributed by atoms with van der Waals surface area (Å²) in [4.78, 5) is 0. The zero-order valence-corrected chi connectivity index (χ0v) is 16.5. The van der Waals surface area contributed by atoms with E-state index in [1.54, 1.807) is 0 Å². The molecule has 0 bridgehead atoms. The summed E-state index contributed by atoms with van der Waals surface area (Å²) in [5.74, 6) is 0. The van der Waals surface area contributed by atoms with Gasteiger partial charge in [-0.2, -0.15) is 0 Å². The Labute approximate surface area is 176 Å². The normalized spacial score (nSPS) is 11.3. The summed E-state index contributed by atoms with van der Waals surface area (Å²) in [7, 11) is 0. The third-order valence-corrected chi connectivity index (χ3v) is 6.00. The molecule has 0 aliphatic heterocycles. The van der Waals surface area contributed by atoms with E-state index in [1.807, 2.05) is 0 Å². The zero-order valence-electron chi connectivity index (χ0n) is 16.5. The molecule has 0 aliphatic carbocycles. The molecule has 0 aromatic heterocycles. The molecule has 0 radical (unpaired) electrons. The van der Waals surface area contributed by atoms with E-state index in [-0.39, 0.29) is 0 Å². The Hall–Kier alpha value is -3.90. The van der Waals surface area contributed by atoms with Crippen LogP contribution in [0.25, 0.3) is 54.6 Å². The molecule has 0 amide bonds. The van der Waals surface area contributed by atoms with Crippen LogP contribution in [0, 0.1) is 0 Å². The highest BCUT2D eigenvalue weighted by Crippen LogP contribution is 2.35. The summed E-state index contributed by atoms with van der Waals surface area (Å²) in [5.41, 5.74) is 5.04. The average molecular weight is 380 g/mol. The van der Waals surface area contributed by atoms with Crippen LogP contribution in [0.1, 0.15) is 0 Å². The van der Waals surface area contributed by atoms with E-state index < -0.39 is 0 Å². The van der Waals surface area contributed by atoms with E-state index in [1.165, 1.54) is 54.6 Å². The van der Waals surface area contributed by atoms with Gasteiger partial charge in [0.1, 0.15) is 0 Å². The minimum atomic E-state index is 1.25.